The van der Waals surface area contributed by atoms with E-state index >= 15 is 0 Å². The monoisotopic (exact) mass is 325 g/mol. The van der Waals surface area contributed by atoms with E-state index in [1.807, 2.05) is 11.0 Å². The largest absolute Gasteiger partial charge is 0.495 e. The molecule has 1 aromatic rings. The number of hydrogen-bond acceptors (Lipinski definition) is 4. The molecule has 22 heavy (non-hydrogen) atoms. The Morgan fingerprint density at radius 1 is 1.32 bits per heavy atom. The Bertz CT molecular complexity index is 514. The fraction of sp³-hybridized carbons (Fsp3) is 0.562. The molecule has 0 unspecified atom stereocenters. The van der Waals surface area contributed by atoms with Crippen LogP contribution in [0.4, 0.5) is 5.69 Å². The molecule has 0 radical (unpaired) electrons. The molecule has 0 aliphatic carbocycles. The molecule has 0 atom stereocenters. The molecular weight excluding hydrogens is 302 g/mol. The number of anilines is 1. The van der Waals surface area contributed by atoms with Gasteiger partial charge in [0.15, 0.2) is 0 Å². The van der Waals surface area contributed by atoms with Crippen LogP contribution in [-0.4, -0.2) is 61.6 Å². The SMILES string of the molecule is COc1cc(Cl)ccc1NCC(=O)N1CCN(C(C)C)CC1. The van der Waals surface area contributed by atoms with E-state index in [9.17, 15) is 4.79 Å². The predicted octanol–water partition coefficient (Wildman–Crippen LogP) is 2.31. The molecule has 0 aromatic heterocycles. The van der Waals surface area contributed by atoms with Gasteiger partial charge in [-0.25, -0.2) is 0 Å². The van der Waals surface area contributed by atoms with Gasteiger partial charge in [-0.2, -0.15) is 0 Å². The van der Waals surface area contributed by atoms with Gasteiger partial charge in [0.1, 0.15) is 5.75 Å². The average Bonchev–Trinajstić information content (AvgIpc) is 2.53. The molecule has 1 saturated heterocycles. The number of amides is 1. The Hall–Kier alpha value is -1.46. The molecule has 1 fully saturated rings. The molecule has 6 heteroatoms. The van der Waals surface area contributed by atoms with Crippen LogP contribution >= 0.6 is 11.6 Å². The van der Waals surface area contributed by atoms with Crippen LogP contribution in [0.3, 0.4) is 0 Å². The molecule has 5 nitrogen and oxygen atoms in total. The van der Waals surface area contributed by atoms with Crippen molar-refractivity contribution in [3.05, 3.63) is 23.2 Å². The van der Waals surface area contributed by atoms with Crippen LogP contribution in [0.15, 0.2) is 18.2 Å². The molecule has 1 aliphatic heterocycles. The number of benzene rings is 1. The Morgan fingerprint density at radius 2 is 2.00 bits per heavy atom. The van der Waals surface area contributed by atoms with Gasteiger partial charge in [0.2, 0.25) is 5.91 Å². The molecular formula is C16H24ClN3O2. The smallest absolute Gasteiger partial charge is 0.241 e. The summed E-state index contributed by atoms with van der Waals surface area (Å²) < 4.78 is 5.27. The fourth-order valence-corrected chi connectivity index (χ4v) is 2.74. The van der Waals surface area contributed by atoms with Crippen molar-refractivity contribution >= 4 is 23.2 Å². The lowest BCUT2D eigenvalue weighted by molar-refractivity contribution is -0.131. The normalized spacial score (nSPS) is 16.0. The van der Waals surface area contributed by atoms with E-state index in [0.717, 1.165) is 31.9 Å². The van der Waals surface area contributed by atoms with Gasteiger partial charge in [-0.1, -0.05) is 11.6 Å². The molecule has 0 bridgehead atoms. The van der Waals surface area contributed by atoms with Crippen molar-refractivity contribution in [2.24, 2.45) is 0 Å². The molecule has 0 saturated carbocycles. The summed E-state index contributed by atoms with van der Waals surface area (Å²) in [6, 6.07) is 5.87. The highest BCUT2D eigenvalue weighted by atomic mass is 35.5. The first kappa shape index (κ1) is 16.9. The summed E-state index contributed by atoms with van der Waals surface area (Å²) in [7, 11) is 1.59. The summed E-state index contributed by atoms with van der Waals surface area (Å²) in [5.41, 5.74) is 0.779. The van der Waals surface area contributed by atoms with Crippen molar-refractivity contribution in [3.63, 3.8) is 0 Å². The second-order valence-corrected chi connectivity index (χ2v) is 6.15. The van der Waals surface area contributed by atoms with Crippen molar-refractivity contribution in [3.8, 4) is 5.75 Å². The number of halogens is 1. The third-order valence-electron chi connectivity index (χ3n) is 3.99. The van der Waals surface area contributed by atoms with Gasteiger partial charge in [0.05, 0.1) is 19.3 Å². The van der Waals surface area contributed by atoms with Crippen molar-refractivity contribution in [1.29, 1.82) is 0 Å². The second-order valence-electron chi connectivity index (χ2n) is 5.71. The number of carbonyl (C=O) groups is 1. The number of piperazine rings is 1. The maximum atomic E-state index is 12.3. The minimum Gasteiger partial charge on any atom is -0.495 e. The van der Waals surface area contributed by atoms with E-state index in [0.29, 0.717) is 16.8 Å². The van der Waals surface area contributed by atoms with Gasteiger partial charge in [-0.3, -0.25) is 9.69 Å². The maximum Gasteiger partial charge on any atom is 0.241 e. The molecule has 1 amide bonds. The molecule has 0 spiro atoms. The highest BCUT2D eigenvalue weighted by Crippen LogP contribution is 2.27. The molecule has 1 aliphatic rings. The lowest BCUT2D eigenvalue weighted by atomic mass is 10.2. The van der Waals surface area contributed by atoms with E-state index in [1.165, 1.54) is 0 Å². The highest BCUT2D eigenvalue weighted by Gasteiger charge is 2.22. The summed E-state index contributed by atoms with van der Waals surface area (Å²) in [6.07, 6.45) is 0. The van der Waals surface area contributed by atoms with Crippen LogP contribution < -0.4 is 10.1 Å². The number of methoxy groups -OCH3 is 1. The van der Waals surface area contributed by atoms with E-state index in [1.54, 1.807) is 19.2 Å². The average molecular weight is 326 g/mol. The minimum atomic E-state index is 0.111. The van der Waals surface area contributed by atoms with Gasteiger partial charge < -0.3 is 15.0 Å². The number of nitrogens with zero attached hydrogens (tertiary/aromatic N) is 2. The number of ether oxygens (including phenoxy) is 1. The number of nitrogens with one attached hydrogen (secondary N) is 1. The summed E-state index contributed by atoms with van der Waals surface area (Å²) in [5, 5.41) is 3.74. The zero-order valence-corrected chi connectivity index (χ0v) is 14.2. The maximum absolute atomic E-state index is 12.3. The van der Waals surface area contributed by atoms with Gasteiger partial charge >= 0.3 is 0 Å². The van der Waals surface area contributed by atoms with Crippen molar-refractivity contribution < 1.29 is 9.53 Å². The van der Waals surface area contributed by atoms with Crippen LogP contribution in [-0.2, 0) is 4.79 Å². The van der Waals surface area contributed by atoms with E-state index in [2.05, 4.69) is 24.1 Å². The number of hydrogen-bond donors (Lipinski definition) is 1. The summed E-state index contributed by atoms with van der Waals surface area (Å²) in [4.78, 5) is 16.6. The van der Waals surface area contributed by atoms with Crippen molar-refractivity contribution in [2.75, 3.05) is 45.2 Å². The van der Waals surface area contributed by atoms with Gasteiger partial charge in [-0.05, 0) is 26.0 Å². The van der Waals surface area contributed by atoms with E-state index in [4.69, 9.17) is 16.3 Å². The lowest BCUT2D eigenvalue weighted by Gasteiger charge is -2.37. The summed E-state index contributed by atoms with van der Waals surface area (Å²) in [6.45, 7) is 8.09. The molecule has 1 aromatic carbocycles. The Balaban J connectivity index is 1.86. The standard InChI is InChI=1S/C16H24ClN3O2/c1-12(2)19-6-8-20(9-7-19)16(21)11-18-14-5-4-13(17)10-15(14)22-3/h4-5,10,12,18H,6-9,11H2,1-3H3. The van der Waals surface area contributed by atoms with Crippen LogP contribution in [0.25, 0.3) is 0 Å². The molecule has 2 rings (SSSR count). The second kappa shape index (κ2) is 7.70. The first-order chi connectivity index (χ1) is 10.5. The number of rotatable bonds is 5. The van der Waals surface area contributed by atoms with Crippen molar-refractivity contribution in [2.45, 2.75) is 19.9 Å². The third kappa shape index (κ3) is 4.27. The first-order valence-corrected chi connectivity index (χ1v) is 7.98. The topological polar surface area (TPSA) is 44.8 Å². The van der Waals surface area contributed by atoms with Gasteiger partial charge in [0.25, 0.3) is 0 Å². The van der Waals surface area contributed by atoms with Gasteiger partial charge in [-0.15, -0.1) is 0 Å². The van der Waals surface area contributed by atoms with Crippen LogP contribution in [0.1, 0.15) is 13.8 Å². The Morgan fingerprint density at radius 3 is 2.59 bits per heavy atom. The van der Waals surface area contributed by atoms with E-state index in [-0.39, 0.29) is 12.5 Å². The fourth-order valence-electron chi connectivity index (χ4n) is 2.58. The van der Waals surface area contributed by atoms with Crippen LogP contribution in [0, 0.1) is 0 Å². The van der Waals surface area contributed by atoms with Gasteiger partial charge in [0, 0.05) is 43.3 Å². The zero-order chi connectivity index (χ0) is 16.1. The Kier molecular flexibility index (Phi) is 5.91. The third-order valence-corrected chi connectivity index (χ3v) is 4.23. The molecule has 1 N–H and O–H groups in total. The highest BCUT2D eigenvalue weighted by molar-refractivity contribution is 6.30. The number of carbonyl (C=O) groups excluding carboxylic acids is 1. The lowest BCUT2D eigenvalue weighted by Crippen LogP contribution is -2.51. The van der Waals surface area contributed by atoms with E-state index < -0.39 is 0 Å². The molecule has 1 heterocycles. The van der Waals surface area contributed by atoms with Crippen molar-refractivity contribution in [1.82, 2.24) is 9.80 Å². The summed E-state index contributed by atoms with van der Waals surface area (Å²) in [5.74, 6) is 0.755. The first-order valence-electron chi connectivity index (χ1n) is 7.60. The minimum absolute atomic E-state index is 0.111. The zero-order valence-electron chi connectivity index (χ0n) is 13.4. The molecule has 122 valence electrons. The van der Waals surface area contributed by atoms with Crippen LogP contribution in [0.5, 0.6) is 5.75 Å². The predicted molar refractivity (Wildman–Crippen MR) is 89.8 cm³/mol. The quantitative estimate of drug-likeness (QED) is 0.902. The summed E-state index contributed by atoms with van der Waals surface area (Å²) >= 11 is 5.93. The Labute approximate surface area is 137 Å². The van der Waals surface area contributed by atoms with Crippen LogP contribution in [0.2, 0.25) is 5.02 Å².